The standard InChI is InChI=1S/C14H19NO2/c16-12-9-3-8-4-10(12)7-14(5-8,6-9)13(17)15-11-1-2-11/h8-11H,1-7H2,(H,15,17). The molecule has 0 radical (unpaired) electrons. The topological polar surface area (TPSA) is 46.2 Å². The highest BCUT2D eigenvalue weighted by molar-refractivity contribution is 5.91. The predicted octanol–water partition coefficient (Wildman–Crippen LogP) is 1.66. The van der Waals surface area contributed by atoms with E-state index in [9.17, 15) is 9.59 Å². The second-order valence-corrected chi connectivity index (χ2v) is 6.77. The van der Waals surface area contributed by atoms with Gasteiger partial charge in [0.05, 0.1) is 5.41 Å². The van der Waals surface area contributed by atoms with Crippen LogP contribution in [-0.4, -0.2) is 17.7 Å². The lowest BCUT2D eigenvalue weighted by Crippen LogP contribution is -2.57. The van der Waals surface area contributed by atoms with Gasteiger partial charge in [-0.1, -0.05) is 0 Å². The first-order valence-electron chi connectivity index (χ1n) is 7.01. The quantitative estimate of drug-likeness (QED) is 0.788. The van der Waals surface area contributed by atoms with Gasteiger partial charge in [-0.2, -0.15) is 0 Å². The Kier molecular flexibility index (Phi) is 1.85. The third-order valence-electron chi connectivity index (χ3n) is 5.39. The van der Waals surface area contributed by atoms with Gasteiger partial charge in [0, 0.05) is 17.9 Å². The normalized spacial score (nSPS) is 47.3. The largest absolute Gasteiger partial charge is 0.353 e. The maximum absolute atomic E-state index is 12.4. The van der Waals surface area contributed by atoms with Gasteiger partial charge >= 0.3 is 0 Å². The minimum Gasteiger partial charge on any atom is -0.353 e. The van der Waals surface area contributed by atoms with Gasteiger partial charge in [0.15, 0.2) is 0 Å². The van der Waals surface area contributed by atoms with E-state index < -0.39 is 0 Å². The molecule has 0 aliphatic heterocycles. The van der Waals surface area contributed by atoms with E-state index in [2.05, 4.69) is 5.32 Å². The highest BCUT2D eigenvalue weighted by atomic mass is 16.2. The van der Waals surface area contributed by atoms with Crippen LogP contribution in [0.3, 0.4) is 0 Å². The van der Waals surface area contributed by atoms with E-state index in [4.69, 9.17) is 0 Å². The van der Waals surface area contributed by atoms with Gasteiger partial charge in [0.1, 0.15) is 5.78 Å². The summed E-state index contributed by atoms with van der Waals surface area (Å²) < 4.78 is 0. The Labute approximate surface area is 101 Å². The fourth-order valence-electron chi connectivity index (χ4n) is 4.59. The Morgan fingerprint density at radius 3 is 2.35 bits per heavy atom. The zero-order valence-corrected chi connectivity index (χ0v) is 10.1. The lowest BCUT2D eigenvalue weighted by molar-refractivity contribution is -0.157. The van der Waals surface area contributed by atoms with E-state index >= 15 is 0 Å². The van der Waals surface area contributed by atoms with Crippen molar-refractivity contribution in [3.05, 3.63) is 0 Å². The minimum atomic E-state index is -0.160. The Bertz CT molecular complexity index is 381. The fraction of sp³-hybridized carbons (Fsp3) is 0.857. The summed E-state index contributed by atoms with van der Waals surface area (Å²) in [6.07, 6.45) is 7.16. The first-order valence-corrected chi connectivity index (χ1v) is 7.01. The molecule has 0 aromatic heterocycles. The average Bonchev–Trinajstić information content (AvgIpc) is 3.08. The summed E-state index contributed by atoms with van der Waals surface area (Å²) in [5, 5.41) is 3.18. The molecule has 0 saturated heterocycles. The van der Waals surface area contributed by atoms with E-state index in [0.29, 0.717) is 17.7 Å². The van der Waals surface area contributed by atoms with Crippen LogP contribution in [0.2, 0.25) is 0 Å². The smallest absolute Gasteiger partial charge is 0.226 e. The van der Waals surface area contributed by atoms with Crippen molar-refractivity contribution in [3.63, 3.8) is 0 Å². The summed E-state index contributed by atoms with van der Waals surface area (Å²) in [7, 11) is 0. The van der Waals surface area contributed by atoms with Crippen molar-refractivity contribution in [2.45, 2.75) is 51.0 Å². The van der Waals surface area contributed by atoms with Crippen LogP contribution in [0.5, 0.6) is 0 Å². The van der Waals surface area contributed by atoms with Gasteiger partial charge in [-0.15, -0.1) is 0 Å². The molecule has 92 valence electrons. The Morgan fingerprint density at radius 2 is 1.76 bits per heavy atom. The highest BCUT2D eigenvalue weighted by Gasteiger charge is 2.58. The van der Waals surface area contributed by atoms with Gasteiger partial charge < -0.3 is 5.32 Å². The Morgan fingerprint density at radius 1 is 1.12 bits per heavy atom. The minimum absolute atomic E-state index is 0.160. The third-order valence-corrected chi connectivity index (χ3v) is 5.39. The maximum atomic E-state index is 12.4. The molecule has 5 aliphatic carbocycles. The van der Waals surface area contributed by atoms with Crippen LogP contribution in [0, 0.1) is 23.2 Å². The van der Waals surface area contributed by atoms with Gasteiger partial charge in [0.25, 0.3) is 0 Å². The van der Waals surface area contributed by atoms with Gasteiger partial charge in [-0.25, -0.2) is 0 Å². The van der Waals surface area contributed by atoms with Gasteiger partial charge in [0.2, 0.25) is 5.91 Å². The van der Waals surface area contributed by atoms with E-state index in [0.717, 1.165) is 44.9 Å². The second-order valence-electron chi connectivity index (χ2n) is 6.77. The molecule has 3 heteroatoms. The number of nitrogens with one attached hydrogen (secondary N) is 1. The second kappa shape index (κ2) is 3.12. The molecule has 5 saturated carbocycles. The lowest BCUT2D eigenvalue weighted by Gasteiger charge is -2.54. The summed E-state index contributed by atoms with van der Waals surface area (Å²) in [6, 6.07) is 0.450. The zero-order chi connectivity index (χ0) is 11.6. The molecule has 5 aliphatic rings. The van der Waals surface area contributed by atoms with Crippen LogP contribution in [0.25, 0.3) is 0 Å². The van der Waals surface area contributed by atoms with Crippen molar-refractivity contribution < 1.29 is 9.59 Å². The van der Waals surface area contributed by atoms with Crippen molar-refractivity contribution in [2.24, 2.45) is 23.2 Å². The number of Topliss-reactive ketones (excluding diaryl/α,β-unsaturated/α-hetero) is 1. The molecular weight excluding hydrogens is 214 g/mol. The zero-order valence-electron chi connectivity index (χ0n) is 10.1. The number of ketones is 1. The first kappa shape index (κ1) is 10.1. The number of carbonyl (C=O) groups excluding carboxylic acids is 2. The monoisotopic (exact) mass is 233 g/mol. The summed E-state index contributed by atoms with van der Waals surface area (Å²) >= 11 is 0. The third kappa shape index (κ3) is 1.40. The lowest BCUT2D eigenvalue weighted by atomic mass is 9.49. The molecule has 1 N–H and O–H groups in total. The van der Waals surface area contributed by atoms with Crippen LogP contribution < -0.4 is 5.32 Å². The van der Waals surface area contributed by atoms with Crippen molar-refractivity contribution in [3.8, 4) is 0 Å². The van der Waals surface area contributed by atoms with E-state index in [-0.39, 0.29) is 23.2 Å². The average molecular weight is 233 g/mol. The van der Waals surface area contributed by atoms with Crippen LogP contribution >= 0.6 is 0 Å². The molecule has 0 spiro atoms. The maximum Gasteiger partial charge on any atom is 0.226 e. The SMILES string of the molecule is O=C1C2CC3CC1CC(C(=O)NC1CC1)(C3)C2. The van der Waals surface area contributed by atoms with Gasteiger partial charge in [-0.05, 0) is 50.9 Å². The number of carbonyl (C=O) groups is 2. The number of amides is 1. The molecule has 0 aromatic carbocycles. The first-order chi connectivity index (χ1) is 8.16. The summed E-state index contributed by atoms with van der Waals surface area (Å²) in [5.41, 5.74) is -0.160. The molecule has 2 atom stereocenters. The summed E-state index contributed by atoms with van der Waals surface area (Å²) in [5.74, 6) is 1.82. The molecule has 3 nitrogen and oxygen atoms in total. The number of hydrogen-bond acceptors (Lipinski definition) is 2. The molecule has 0 heterocycles. The highest BCUT2D eigenvalue weighted by Crippen LogP contribution is 2.58. The molecule has 17 heavy (non-hydrogen) atoms. The van der Waals surface area contributed by atoms with Crippen LogP contribution in [-0.2, 0) is 9.59 Å². The predicted molar refractivity (Wildman–Crippen MR) is 62.2 cm³/mol. The molecular formula is C14H19NO2. The molecule has 0 aromatic rings. The Balaban J connectivity index is 1.61. The molecule has 5 rings (SSSR count). The van der Waals surface area contributed by atoms with E-state index in [1.165, 1.54) is 0 Å². The van der Waals surface area contributed by atoms with Crippen LogP contribution in [0.4, 0.5) is 0 Å². The molecule has 4 bridgehead atoms. The van der Waals surface area contributed by atoms with E-state index in [1.54, 1.807) is 0 Å². The van der Waals surface area contributed by atoms with Crippen molar-refractivity contribution in [1.82, 2.24) is 5.32 Å². The van der Waals surface area contributed by atoms with Crippen LogP contribution in [0.15, 0.2) is 0 Å². The van der Waals surface area contributed by atoms with Crippen molar-refractivity contribution in [1.29, 1.82) is 0 Å². The molecule has 5 fully saturated rings. The van der Waals surface area contributed by atoms with Gasteiger partial charge in [-0.3, -0.25) is 9.59 Å². The number of hydrogen-bond donors (Lipinski definition) is 1. The van der Waals surface area contributed by atoms with E-state index in [1.807, 2.05) is 0 Å². The molecule has 1 amide bonds. The van der Waals surface area contributed by atoms with Crippen LogP contribution in [0.1, 0.15) is 44.9 Å². The number of rotatable bonds is 2. The fourth-order valence-corrected chi connectivity index (χ4v) is 4.59. The van der Waals surface area contributed by atoms with Crippen molar-refractivity contribution in [2.75, 3.05) is 0 Å². The summed E-state index contributed by atoms with van der Waals surface area (Å²) in [6.45, 7) is 0. The Hall–Kier alpha value is -0.860. The summed E-state index contributed by atoms with van der Waals surface area (Å²) in [4.78, 5) is 24.5. The molecule has 2 unspecified atom stereocenters. The van der Waals surface area contributed by atoms with Crippen molar-refractivity contribution >= 4 is 11.7 Å².